The number of nitrogens with one attached hydrogen (secondary N) is 2. The van der Waals surface area contributed by atoms with Crippen LogP contribution in [-0.4, -0.2) is 43.7 Å². The molecule has 0 spiro atoms. The standard InChI is InChI=1S/C24H29N3O5S/c1-4-20-24(29)26-19-13-16(3)22(14-21(19)32-20)33(30,31)27-11-9-17(10-12-27)23(28)25-18-8-6-5-7-15(18)2/h5-8,13-14,17,20H,4,9-12H2,1-3H3,(H,25,28)(H,26,29)/t20-/m1/s1. The zero-order valence-corrected chi connectivity index (χ0v) is 19.9. The summed E-state index contributed by atoms with van der Waals surface area (Å²) in [6.45, 7) is 6.00. The molecule has 2 aromatic rings. The number of hydrogen-bond donors (Lipinski definition) is 2. The van der Waals surface area contributed by atoms with Gasteiger partial charge >= 0.3 is 0 Å². The lowest BCUT2D eigenvalue weighted by Gasteiger charge is -2.32. The summed E-state index contributed by atoms with van der Waals surface area (Å²) in [6.07, 6.45) is 0.745. The topological polar surface area (TPSA) is 105 Å². The van der Waals surface area contributed by atoms with Gasteiger partial charge in [-0.2, -0.15) is 4.31 Å². The van der Waals surface area contributed by atoms with E-state index in [1.165, 1.54) is 10.4 Å². The lowest BCUT2D eigenvalue weighted by molar-refractivity contribution is -0.123. The van der Waals surface area contributed by atoms with Crippen LogP contribution in [0.15, 0.2) is 41.3 Å². The summed E-state index contributed by atoms with van der Waals surface area (Å²) < 4.78 is 34.0. The number of carbonyl (C=O) groups is 2. The molecule has 0 unspecified atom stereocenters. The summed E-state index contributed by atoms with van der Waals surface area (Å²) >= 11 is 0. The van der Waals surface area contributed by atoms with Crippen LogP contribution in [0.2, 0.25) is 0 Å². The average molecular weight is 472 g/mol. The molecule has 176 valence electrons. The third kappa shape index (κ3) is 4.60. The molecule has 1 fully saturated rings. The fraction of sp³-hybridized carbons (Fsp3) is 0.417. The summed E-state index contributed by atoms with van der Waals surface area (Å²) in [4.78, 5) is 24.9. The first-order valence-electron chi connectivity index (χ1n) is 11.2. The minimum Gasteiger partial charge on any atom is -0.478 e. The van der Waals surface area contributed by atoms with E-state index in [0.29, 0.717) is 36.3 Å². The molecule has 2 N–H and O–H groups in total. The van der Waals surface area contributed by atoms with Crippen LogP contribution < -0.4 is 15.4 Å². The SMILES string of the molecule is CC[C@H]1Oc2cc(S(=O)(=O)N3CCC(C(=O)Nc4ccccc4C)CC3)c(C)cc2NC1=O. The molecule has 0 aromatic heterocycles. The van der Waals surface area contributed by atoms with Crippen molar-refractivity contribution in [3.8, 4) is 5.75 Å². The number of sulfonamides is 1. The van der Waals surface area contributed by atoms with Crippen molar-refractivity contribution in [1.29, 1.82) is 0 Å². The second-order valence-corrected chi connectivity index (χ2v) is 10.5. The normalized spacial score (nSPS) is 19.4. The highest BCUT2D eigenvalue weighted by molar-refractivity contribution is 7.89. The Hall–Kier alpha value is -2.91. The first kappa shape index (κ1) is 23.3. The van der Waals surface area contributed by atoms with Gasteiger partial charge in [0, 0.05) is 30.8 Å². The van der Waals surface area contributed by atoms with Gasteiger partial charge in [0.2, 0.25) is 15.9 Å². The molecule has 4 rings (SSSR count). The van der Waals surface area contributed by atoms with Gasteiger partial charge < -0.3 is 15.4 Å². The van der Waals surface area contributed by atoms with Crippen LogP contribution >= 0.6 is 0 Å². The van der Waals surface area contributed by atoms with Gasteiger partial charge in [-0.1, -0.05) is 25.1 Å². The molecule has 0 bridgehead atoms. The predicted molar refractivity (Wildman–Crippen MR) is 126 cm³/mol. The second-order valence-electron chi connectivity index (χ2n) is 8.60. The van der Waals surface area contributed by atoms with Gasteiger partial charge in [0.15, 0.2) is 6.10 Å². The van der Waals surface area contributed by atoms with Crippen LogP contribution in [0.4, 0.5) is 11.4 Å². The summed E-state index contributed by atoms with van der Waals surface area (Å²) in [7, 11) is -3.77. The monoisotopic (exact) mass is 471 g/mol. The van der Waals surface area contributed by atoms with Crippen molar-refractivity contribution in [1.82, 2.24) is 4.31 Å². The van der Waals surface area contributed by atoms with E-state index in [2.05, 4.69) is 10.6 Å². The molecule has 8 nitrogen and oxygen atoms in total. The van der Waals surface area contributed by atoms with Gasteiger partial charge in [-0.05, 0) is 56.4 Å². The molecule has 1 saturated heterocycles. The number of amides is 2. The lowest BCUT2D eigenvalue weighted by atomic mass is 9.97. The van der Waals surface area contributed by atoms with E-state index in [4.69, 9.17) is 4.74 Å². The van der Waals surface area contributed by atoms with Crippen molar-refractivity contribution < 1.29 is 22.7 Å². The molecule has 2 amide bonds. The van der Waals surface area contributed by atoms with E-state index in [-0.39, 0.29) is 35.7 Å². The van der Waals surface area contributed by atoms with E-state index < -0.39 is 16.1 Å². The van der Waals surface area contributed by atoms with Gasteiger partial charge in [-0.3, -0.25) is 9.59 Å². The largest absolute Gasteiger partial charge is 0.478 e. The third-order valence-electron chi connectivity index (χ3n) is 6.31. The summed E-state index contributed by atoms with van der Waals surface area (Å²) in [5.41, 5.74) is 2.77. The maximum absolute atomic E-state index is 13.4. The van der Waals surface area contributed by atoms with Crippen LogP contribution in [0, 0.1) is 19.8 Å². The fourth-order valence-corrected chi connectivity index (χ4v) is 5.97. The minimum absolute atomic E-state index is 0.0824. The zero-order chi connectivity index (χ0) is 23.8. The lowest BCUT2D eigenvalue weighted by Crippen LogP contribution is -2.41. The first-order valence-corrected chi connectivity index (χ1v) is 12.6. The van der Waals surface area contributed by atoms with Gasteiger partial charge in [-0.25, -0.2) is 8.42 Å². The summed E-state index contributed by atoms with van der Waals surface area (Å²) in [5.74, 6) is -0.199. The molecular weight excluding hydrogens is 442 g/mol. The molecule has 33 heavy (non-hydrogen) atoms. The van der Waals surface area contributed by atoms with E-state index in [9.17, 15) is 18.0 Å². The highest BCUT2D eigenvalue weighted by atomic mass is 32.2. The van der Waals surface area contributed by atoms with Crippen LogP contribution in [0.3, 0.4) is 0 Å². The number of para-hydroxylation sites is 1. The number of aryl methyl sites for hydroxylation is 2. The third-order valence-corrected chi connectivity index (χ3v) is 8.35. The van der Waals surface area contributed by atoms with Gasteiger partial charge in [0.25, 0.3) is 5.91 Å². The van der Waals surface area contributed by atoms with Gasteiger partial charge in [-0.15, -0.1) is 0 Å². The number of rotatable bonds is 5. The van der Waals surface area contributed by atoms with Crippen LogP contribution in [0.5, 0.6) is 5.75 Å². The number of fused-ring (bicyclic) bond motifs is 1. The number of piperidine rings is 1. The van der Waals surface area contributed by atoms with E-state index in [0.717, 1.165) is 11.3 Å². The molecule has 0 saturated carbocycles. The summed E-state index contributed by atoms with van der Waals surface area (Å²) in [6, 6.07) is 10.7. The molecule has 0 radical (unpaired) electrons. The Bertz CT molecular complexity index is 1190. The average Bonchev–Trinajstić information content (AvgIpc) is 2.79. The van der Waals surface area contributed by atoms with Crippen molar-refractivity contribution in [2.45, 2.75) is 51.0 Å². The molecule has 2 aliphatic heterocycles. The van der Waals surface area contributed by atoms with E-state index in [1.54, 1.807) is 13.0 Å². The highest BCUT2D eigenvalue weighted by Crippen LogP contribution is 2.36. The number of ether oxygens (including phenoxy) is 1. The van der Waals surface area contributed by atoms with Crippen molar-refractivity contribution in [3.63, 3.8) is 0 Å². The van der Waals surface area contributed by atoms with E-state index >= 15 is 0 Å². The fourth-order valence-electron chi connectivity index (χ4n) is 4.28. The van der Waals surface area contributed by atoms with Crippen molar-refractivity contribution in [2.24, 2.45) is 5.92 Å². The molecule has 2 aliphatic rings. The van der Waals surface area contributed by atoms with Crippen molar-refractivity contribution >= 4 is 33.2 Å². The Kier molecular flexibility index (Phi) is 6.45. The second kappa shape index (κ2) is 9.15. The summed E-state index contributed by atoms with van der Waals surface area (Å²) in [5, 5.41) is 5.75. The van der Waals surface area contributed by atoms with Gasteiger partial charge in [0.1, 0.15) is 5.75 Å². The maximum Gasteiger partial charge on any atom is 0.265 e. The number of anilines is 2. The molecule has 9 heteroatoms. The first-order chi connectivity index (χ1) is 15.7. The van der Waals surface area contributed by atoms with Crippen LogP contribution in [0.25, 0.3) is 0 Å². The van der Waals surface area contributed by atoms with E-state index in [1.807, 2.05) is 38.1 Å². The smallest absolute Gasteiger partial charge is 0.265 e. The quantitative estimate of drug-likeness (QED) is 0.695. The molecule has 1 atom stereocenters. The Morgan fingerprint density at radius 1 is 1.15 bits per heavy atom. The Labute approximate surface area is 194 Å². The highest BCUT2D eigenvalue weighted by Gasteiger charge is 2.35. The van der Waals surface area contributed by atoms with Crippen molar-refractivity contribution in [2.75, 3.05) is 23.7 Å². The molecule has 0 aliphatic carbocycles. The number of hydrogen-bond acceptors (Lipinski definition) is 5. The Balaban J connectivity index is 1.47. The predicted octanol–water partition coefficient (Wildman–Crippen LogP) is 3.45. The molecule has 2 aromatic carbocycles. The van der Waals surface area contributed by atoms with Gasteiger partial charge in [0.05, 0.1) is 10.6 Å². The minimum atomic E-state index is -3.77. The Morgan fingerprint density at radius 2 is 1.85 bits per heavy atom. The number of benzene rings is 2. The number of nitrogens with zero attached hydrogens (tertiary/aromatic N) is 1. The molecular formula is C24H29N3O5S. The molecule has 2 heterocycles. The van der Waals surface area contributed by atoms with Crippen LogP contribution in [-0.2, 0) is 19.6 Å². The van der Waals surface area contributed by atoms with Crippen molar-refractivity contribution in [3.05, 3.63) is 47.5 Å². The Morgan fingerprint density at radius 3 is 2.52 bits per heavy atom. The maximum atomic E-state index is 13.4. The zero-order valence-electron chi connectivity index (χ0n) is 19.1. The number of carbonyl (C=O) groups excluding carboxylic acids is 2. The van der Waals surface area contributed by atoms with Crippen LogP contribution in [0.1, 0.15) is 37.3 Å².